The highest BCUT2D eigenvalue weighted by atomic mass is 16.1. The zero-order chi connectivity index (χ0) is 14.5. The normalized spacial score (nSPS) is 10.2. The fourth-order valence-electron chi connectivity index (χ4n) is 2.08. The van der Waals surface area contributed by atoms with Gasteiger partial charge < -0.3 is 10.2 Å². The lowest BCUT2D eigenvalue weighted by Gasteiger charge is -2.17. The van der Waals surface area contributed by atoms with Gasteiger partial charge in [-0.2, -0.15) is 0 Å². The Morgan fingerprint density at radius 1 is 1.05 bits per heavy atom. The van der Waals surface area contributed by atoms with Crippen LogP contribution in [0.15, 0.2) is 48.5 Å². The van der Waals surface area contributed by atoms with Crippen LogP contribution < -0.4 is 10.2 Å². The van der Waals surface area contributed by atoms with E-state index in [-0.39, 0.29) is 5.91 Å². The van der Waals surface area contributed by atoms with Crippen LogP contribution in [0.25, 0.3) is 0 Å². The second-order valence-corrected chi connectivity index (χ2v) is 5.07. The molecule has 0 radical (unpaired) electrons. The minimum Gasteiger partial charge on any atom is -0.377 e. The third-order valence-corrected chi connectivity index (χ3v) is 3.23. The fraction of sp³-hybridized carbons (Fsp3) is 0.235. The number of carbonyl (C=O) groups is 1. The largest absolute Gasteiger partial charge is 0.377 e. The summed E-state index contributed by atoms with van der Waals surface area (Å²) in [4.78, 5) is 14.1. The SMILES string of the molecule is Cc1ccc(C(=O)NCc2ccccc2N(C)C)cc1. The number of benzene rings is 2. The van der Waals surface area contributed by atoms with Gasteiger partial charge in [-0.3, -0.25) is 4.79 Å². The molecule has 0 heterocycles. The number of anilines is 1. The van der Waals surface area contributed by atoms with E-state index in [2.05, 4.69) is 5.32 Å². The van der Waals surface area contributed by atoms with Crippen LogP contribution in [0, 0.1) is 6.92 Å². The average molecular weight is 268 g/mol. The van der Waals surface area contributed by atoms with Crippen molar-refractivity contribution in [3.05, 3.63) is 65.2 Å². The van der Waals surface area contributed by atoms with Gasteiger partial charge in [-0.25, -0.2) is 0 Å². The number of hydrogen-bond acceptors (Lipinski definition) is 2. The monoisotopic (exact) mass is 268 g/mol. The van der Waals surface area contributed by atoms with E-state index in [1.807, 2.05) is 74.4 Å². The molecule has 2 aromatic carbocycles. The number of hydrogen-bond donors (Lipinski definition) is 1. The Bertz CT molecular complexity index is 588. The molecule has 0 bridgehead atoms. The molecule has 1 N–H and O–H groups in total. The molecule has 3 heteroatoms. The molecule has 3 nitrogen and oxygen atoms in total. The third kappa shape index (κ3) is 3.38. The molecule has 0 atom stereocenters. The molecule has 0 fully saturated rings. The van der Waals surface area contributed by atoms with E-state index in [0.717, 1.165) is 16.8 Å². The van der Waals surface area contributed by atoms with E-state index in [0.29, 0.717) is 12.1 Å². The van der Waals surface area contributed by atoms with Gasteiger partial charge in [0.2, 0.25) is 0 Å². The maximum absolute atomic E-state index is 12.1. The minimum atomic E-state index is -0.0430. The number of amides is 1. The molecule has 20 heavy (non-hydrogen) atoms. The first-order valence-corrected chi connectivity index (χ1v) is 6.68. The molecular weight excluding hydrogens is 248 g/mol. The van der Waals surface area contributed by atoms with E-state index in [4.69, 9.17) is 0 Å². The summed E-state index contributed by atoms with van der Waals surface area (Å²) < 4.78 is 0. The molecule has 0 aliphatic carbocycles. The van der Waals surface area contributed by atoms with Crippen LogP contribution in [-0.4, -0.2) is 20.0 Å². The number of aryl methyl sites for hydroxylation is 1. The predicted octanol–water partition coefficient (Wildman–Crippen LogP) is 2.99. The van der Waals surface area contributed by atoms with Gasteiger partial charge in [0.05, 0.1) is 0 Å². The van der Waals surface area contributed by atoms with E-state index in [9.17, 15) is 4.79 Å². The summed E-state index contributed by atoms with van der Waals surface area (Å²) in [5, 5.41) is 2.96. The van der Waals surface area contributed by atoms with Crippen molar-refractivity contribution in [2.45, 2.75) is 13.5 Å². The highest BCUT2D eigenvalue weighted by Crippen LogP contribution is 2.17. The van der Waals surface area contributed by atoms with Gasteiger partial charge in [0, 0.05) is 31.9 Å². The molecule has 2 rings (SSSR count). The molecule has 0 unspecified atom stereocenters. The number of para-hydroxylation sites is 1. The fourth-order valence-corrected chi connectivity index (χ4v) is 2.08. The second kappa shape index (κ2) is 6.24. The summed E-state index contributed by atoms with van der Waals surface area (Å²) in [6.07, 6.45) is 0. The van der Waals surface area contributed by atoms with Gasteiger partial charge >= 0.3 is 0 Å². The van der Waals surface area contributed by atoms with Crippen molar-refractivity contribution in [1.82, 2.24) is 5.32 Å². The van der Waals surface area contributed by atoms with Crippen LogP contribution in [0.4, 0.5) is 5.69 Å². The number of nitrogens with one attached hydrogen (secondary N) is 1. The number of carbonyl (C=O) groups excluding carboxylic acids is 1. The molecule has 0 aromatic heterocycles. The Morgan fingerprint density at radius 2 is 1.70 bits per heavy atom. The van der Waals surface area contributed by atoms with Gasteiger partial charge in [-0.1, -0.05) is 35.9 Å². The quantitative estimate of drug-likeness (QED) is 0.924. The first-order chi connectivity index (χ1) is 9.58. The molecular formula is C17H20N2O. The first kappa shape index (κ1) is 14.1. The zero-order valence-electron chi connectivity index (χ0n) is 12.2. The van der Waals surface area contributed by atoms with Crippen molar-refractivity contribution in [3.63, 3.8) is 0 Å². The number of nitrogens with zero attached hydrogens (tertiary/aromatic N) is 1. The molecule has 104 valence electrons. The third-order valence-electron chi connectivity index (χ3n) is 3.23. The maximum Gasteiger partial charge on any atom is 0.251 e. The predicted molar refractivity (Wildman–Crippen MR) is 83.1 cm³/mol. The van der Waals surface area contributed by atoms with Crippen molar-refractivity contribution in [2.75, 3.05) is 19.0 Å². The Hall–Kier alpha value is -2.29. The van der Waals surface area contributed by atoms with Crippen molar-refractivity contribution < 1.29 is 4.79 Å². The van der Waals surface area contributed by atoms with Crippen molar-refractivity contribution in [1.29, 1.82) is 0 Å². The van der Waals surface area contributed by atoms with Gasteiger partial charge in [-0.05, 0) is 30.7 Å². The van der Waals surface area contributed by atoms with Crippen LogP contribution in [0.1, 0.15) is 21.5 Å². The highest BCUT2D eigenvalue weighted by molar-refractivity contribution is 5.94. The van der Waals surface area contributed by atoms with E-state index >= 15 is 0 Å². The molecule has 0 spiro atoms. The molecule has 0 aliphatic rings. The van der Waals surface area contributed by atoms with Crippen LogP contribution in [0.2, 0.25) is 0 Å². The first-order valence-electron chi connectivity index (χ1n) is 6.68. The Kier molecular flexibility index (Phi) is 4.41. The van der Waals surface area contributed by atoms with Crippen molar-refractivity contribution in [3.8, 4) is 0 Å². The molecule has 2 aromatic rings. The standard InChI is InChI=1S/C17H20N2O/c1-13-8-10-14(11-9-13)17(20)18-12-15-6-4-5-7-16(15)19(2)3/h4-11H,12H2,1-3H3,(H,18,20). The lowest BCUT2D eigenvalue weighted by atomic mass is 10.1. The van der Waals surface area contributed by atoms with Gasteiger partial charge in [-0.15, -0.1) is 0 Å². The van der Waals surface area contributed by atoms with E-state index < -0.39 is 0 Å². The minimum absolute atomic E-state index is 0.0430. The van der Waals surface area contributed by atoms with Crippen molar-refractivity contribution >= 4 is 11.6 Å². The molecule has 1 amide bonds. The van der Waals surface area contributed by atoms with Crippen LogP contribution in [0.3, 0.4) is 0 Å². The molecule has 0 saturated carbocycles. The van der Waals surface area contributed by atoms with E-state index in [1.54, 1.807) is 0 Å². The molecule has 0 saturated heterocycles. The Balaban J connectivity index is 2.05. The van der Waals surface area contributed by atoms with Crippen LogP contribution in [0.5, 0.6) is 0 Å². The average Bonchev–Trinajstić information content (AvgIpc) is 2.45. The molecule has 0 aliphatic heterocycles. The lowest BCUT2D eigenvalue weighted by Crippen LogP contribution is -2.24. The maximum atomic E-state index is 12.1. The van der Waals surface area contributed by atoms with Crippen molar-refractivity contribution in [2.24, 2.45) is 0 Å². The Morgan fingerprint density at radius 3 is 2.35 bits per heavy atom. The smallest absolute Gasteiger partial charge is 0.251 e. The summed E-state index contributed by atoms with van der Waals surface area (Å²) in [6, 6.07) is 15.7. The van der Waals surface area contributed by atoms with Gasteiger partial charge in [0.25, 0.3) is 5.91 Å². The highest BCUT2D eigenvalue weighted by Gasteiger charge is 2.07. The summed E-state index contributed by atoms with van der Waals surface area (Å²) in [5.74, 6) is -0.0430. The van der Waals surface area contributed by atoms with Crippen LogP contribution in [-0.2, 0) is 6.54 Å². The summed E-state index contributed by atoms with van der Waals surface area (Å²) in [6.45, 7) is 2.54. The van der Waals surface area contributed by atoms with Crippen LogP contribution >= 0.6 is 0 Å². The summed E-state index contributed by atoms with van der Waals surface area (Å²) in [7, 11) is 4.00. The summed E-state index contributed by atoms with van der Waals surface area (Å²) in [5.41, 5.74) is 4.08. The lowest BCUT2D eigenvalue weighted by molar-refractivity contribution is 0.0951. The zero-order valence-corrected chi connectivity index (χ0v) is 12.2. The van der Waals surface area contributed by atoms with E-state index in [1.165, 1.54) is 0 Å². The number of rotatable bonds is 4. The Labute approximate surface area is 120 Å². The van der Waals surface area contributed by atoms with Gasteiger partial charge in [0.15, 0.2) is 0 Å². The van der Waals surface area contributed by atoms with Gasteiger partial charge in [0.1, 0.15) is 0 Å². The summed E-state index contributed by atoms with van der Waals surface area (Å²) >= 11 is 0. The topological polar surface area (TPSA) is 32.3 Å². The second-order valence-electron chi connectivity index (χ2n) is 5.07.